The van der Waals surface area contributed by atoms with E-state index in [2.05, 4.69) is 5.32 Å². The number of nitro benzene ring substituents is 1. The van der Waals surface area contributed by atoms with Gasteiger partial charge in [-0.3, -0.25) is 19.7 Å². The predicted molar refractivity (Wildman–Crippen MR) is 87.2 cm³/mol. The summed E-state index contributed by atoms with van der Waals surface area (Å²) in [6, 6.07) is 5.70. The number of hydrogen-bond donors (Lipinski definition) is 2. The van der Waals surface area contributed by atoms with Gasteiger partial charge in [-0.15, -0.1) is 0 Å². The first-order chi connectivity index (χ1) is 12.4. The molecule has 0 bridgehead atoms. The maximum absolute atomic E-state index is 13.0. The van der Waals surface area contributed by atoms with Crippen molar-refractivity contribution >= 4 is 23.1 Å². The number of benzene rings is 1. The Labute approximate surface area is 146 Å². The number of nitro groups is 1. The van der Waals surface area contributed by atoms with Crippen molar-refractivity contribution in [3.63, 3.8) is 0 Å². The first-order valence-electron chi connectivity index (χ1n) is 7.86. The zero-order chi connectivity index (χ0) is 18.6. The number of nitrogens with one attached hydrogen (secondary N) is 1. The monoisotopic (exact) mass is 352 g/mol. The third-order valence-electron chi connectivity index (χ3n) is 4.91. The fourth-order valence-corrected chi connectivity index (χ4v) is 3.87. The third kappa shape index (κ3) is 1.78. The first kappa shape index (κ1) is 15.8. The molecule has 1 spiro atoms. The molecular weight excluding hydrogens is 340 g/mol. The fourth-order valence-electron chi connectivity index (χ4n) is 3.87. The molecule has 1 aromatic rings. The Morgan fingerprint density at radius 3 is 2.81 bits per heavy atom. The molecule has 1 atom stereocenters. The maximum atomic E-state index is 13.0. The number of Topliss-reactive ketones (excluding diaryl/α,β-unsaturated/α-hetero) is 1. The molecule has 26 heavy (non-hydrogen) atoms. The Morgan fingerprint density at radius 2 is 2.12 bits per heavy atom. The summed E-state index contributed by atoms with van der Waals surface area (Å²) in [5.74, 6) is -0.998. The number of amides is 1. The van der Waals surface area contributed by atoms with Gasteiger partial charge in [0, 0.05) is 36.2 Å². The molecule has 9 heteroatoms. The normalized spacial score (nSPS) is 24.0. The van der Waals surface area contributed by atoms with Gasteiger partial charge in [-0.1, -0.05) is 0 Å². The number of rotatable bonds is 1. The van der Waals surface area contributed by atoms with Gasteiger partial charge in [0.1, 0.15) is 22.8 Å². The van der Waals surface area contributed by atoms with E-state index in [9.17, 15) is 25.0 Å². The van der Waals surface area contributed by atoms with Crippen molar-refractivity contribution in [2.45, 2.75) is 24.7 Å². The van der Waals surface area contributed by atoms with E-state index in [-0.39, 0.29) is 46.2 Å². The van der Waals surface area contributed by atoms with E-state index in [0.29, 0.717) is 18.5 Å². The molecule has 0 saturated carbocycles. The number of ether oxygens (including phenoxy) is 1. The van der Waals surface area contributed by atoms with Crippen molar-refractivity contribution in [1.29, 1.82) is 5.26 Å². The van der Waals surface area contributed by atoms with Crippen LogP contribution in [0.2, 0.25) is 0 Å². The lowest BCUT2D eigenvalue weighted by molar-refractivity contribution is -0.384. The molecule has 0 fully saturated rings. The number of fused-ring (bicyclic) bond motifs is 3. The number of nitriles is 1. The molecule has 2 heterocycles. The minimum absolute atomic E-state index is 0.0475. The molecular formula is C17H12N4O5. The van der Waals surface area contributed by atoms with E-state index in [0.717, 1.165) is 0 Å². The van der Waals surface area contributed by atoms with Crippen molar-refractivity contribution in [2.24, 2.45) is 5.73 Å². The van der Waals surface area contributed by atoms with Crippen LogP contribution in [0.3, 0.4) is 0 Å². The topological polar surface area (TPSA) is 148 Å². The van der Waals surface area contributed by atoms with Crippen LogP contribution < -0.4 is 11.1 Å². The summed E-state index contributed by atoms with van der Waals surface area (Å²) in [6.07, 6.45) is 1.12. The molecule has 4 rings (SSSR count). The average Bonchev–Trinajstić information content (AvgIpc) is 2.87. The highest BCUT2D eigenvalue weighted by Crippen LogP contribution is 2.54. The highest BCUT2D eigenvalue weighted by Gasteiger charge is 2.60. The lowest BCUT2D eigenvalue weighted by Crippen LogP contribution is -2.46. The summed E-state index contributed by atoms with van der Waals surface area (Å²) in [5, 5.41) is 23.5. The second-order valence-corrected chi connectivity index (χ2v) is 6.22. The SMILES string of the molecule is N#CC1=C(N)OC2=C(C(=O)CCC2)[C@]12C(=O)Nc1ccc([N+](=O)[O-])cc12. The zero-order valence-electron chi connectivity index (χ0n) is 13.4. The molecule has 3 N–H and O–H groups in total. The summed E-state index contributed by atoms with van der Waals surface area (Å²) >= 11 is 0. The quantitative estimate of drug-likeness (QED) is 0.575. The third-order valence-corrected chi connectivity index (χ3v) is 4.91. The summed E-state index contributed by atoms with van der Waals surface area (Å²) in [5.41, 5.74) is 4.10. The number of allylic oxidation sites excluding steroid dienone is 1. The number of nitrogens with two attached hydrogens (primary N) is 1. The number of nitrogens with zero attached hydrogens (tertiary/aromatic N) is 2. The van der Waals surface area contributed by atoms with Crippen molar-refractivity contribution in [1.82, 2.24) is 0 Å². The van der Waals surface area contributed by atoms with Crippen molar-refractivity contribution in [3.8, 4) is 6.07 Å². The highest BCUT2D eigenvalue weighted by molar-refractivity contribution is 6.19. The van der Waals surface area contributed by atoms with Gasteiger partial charge >= 0.3 is 0 Å². The number of hydrogen-bond acceptors (Lipinski definition) is 7. The lowest BCUT2D eigenvalue weighted by atomic mass is 9.65. The molecule has 1 aromatic carbocycles. The summed E-state index contributed by atoms with van der Waals surface area (Å²) in [4.78, 5) is 36.4. The smallest absolute Gasteiger partial charge is 0.269 e. The van der Waals surface area contributed by atoms with Crippen molar-refractivity contribution in [3.05, 3.63) is 56.7 Å². The molecule has 1 aliphatic carbocycles. The lowest BCUT2D eigenvalue weighted by Gasteiger charge is -2.36. The van der Waals surface area contributed by atoms with Gasteiger partial charge in [0.2, 0.25) is 11.8 Å². The molecule has 3 aliphatic rings. The standard InChI is InChI=1S/C17H12N4O5/c18-7-10-15(19)26-13-3-1-2-12(22)14(13)17(10)9-6-8(21(24)25)4-5-11(9)20-16(17)23/h4-6H,1-3,19H2,(H,20,23)/t17-/m1/s1. The van der Waals surface area contributed by atoms with Gasteiger partial charge in [-0.2, -0.15) is 5.26 Å². The van der Waals surface area contributed by atoms with E-state index in [1.165, 1.54) is 18.2 Å². The number of carbonyl (C=O) groups excluding carboxylic acids is 2. The first-order valence-corrected chi connectivity index (χ1v) is 7.86. The van der Waals surface area contributed by atoms with Crippen LogP contribution in [-0.4, -0.2) is 16.6 Å². The minimum atomic E-state index is -1.81. The molecule has 0 aromatic heterocycles. The fraction of sp³-hybridized carbons (Fsp3) is 0.235. The Hall–Kier alpha value is -3.67. The highest BCUT2D eigenvalue weighted by atomic mass is 16.6. The summed E-state index contributed by atoms with van der Waals surface area (Å²) in [6.45, 7) is 0. The van der Waals surface area contributed by atoms with Crippen LogP contribution >= 0.6 is 0 Å². The van der Waals surface area contributed by atoms with E-state index in [1.807, 2.05) is 6.07 Å². The number of ketones is 1. The molecule has 0 radical (unpaired) electrons. The van der Waals surface area contributed by atoms with Crippen LogP contribution in [0, 0.1) is 21.4 Å². The van der Waals surface area contributed by atoms with Gasteiger partial charge in [0.05, 0.1) is 10.5 Å². The van der Waals surface area contributed by atoms with E-state index in [4.69, 9.17) is 10.5 Å². The van der Waals surface area contributed by atoms with E-state index in [1.54, 1.807) is 0 Å². The van der Waals surface area contributed by atoms with E-state index >= 15 is 0 Å². The molecule has 2 aliphatic heterocycles. The Morgan fingerprint density at radius 1 is 1.35 bits per heavy atom. The van der Waals surface area contributed by atoms with Crippen LogP contribution in [0.1, 0.15) is 24.8 Å². The van der Waals surface area contributed by atoms with Gasteiger partial charge in [-0.05, 0) is 12.5 Å². The predicted octanol–water partition coefficient (Wildman–Crippen LogP) is 1.52. The Kier molecular flexibility index (Phi) is 3.14. The molecule has 1 amide bonds. The molecule has 0 unspecified atom stereocenters. The van der Waals surface area contributed by atoms with E-state index < -0.39 is 16.2 Å². The number of carbonyl (C=O) groups is 2. The summed E-state index contributed by atoms with van der Waals surface area (Å²) in [7, 11) is 0. The largest absolute Gasteiger partial charge is 0.444 e. The van der Waals surface area contributed by atoms with Gasteiger partial charge < -0.3 is 15.8 Å². The minimum Gasteiger partial charge on any atom is -0.444 e. The second-order valence-electron chi connectivity index (χ2n) is 6.22. The van der Waals surface area contributed by atoms with Gasteiger partial charge in [-0.25, -0.2) is 0 Å². The molecule has 130 valence electrons. The van der Waals surface area contributed by atoms with Crippen molar-refractivity contribution < 1.29 is 19.2 Å². The maximum Gasteiger partial charge on any atom is 0.269 e. The molecule has 0 saturated heterocycles. The van der Waals surface area contributed by atoms with Crippen LogP contribution in [-0.2, 0) is 19.7 Å². The Bertz CT molecular complexity index is 1020. The second kappa shape index (κ2) is 5.16. The van der Waals surface area contributed by atoms with Crippen LogP contribution in [0.15, 0.2) is 41.0 Å². The van der Waals surface area contributed by atoms with Crippen LogP contribution in [0.25, 0.3) is 0 Å². The number of non-ortho nitro benzene ring substituents is 1. The summed E-state index contributed by atoms with van der Waals surface area (Å²) < 4.78 is 5.47. The van der Waals surface area contributed by atoms with Gasteiger partial charge in [0.15, 0.2) is 5.78 Å². The average molecular weight is 352 g/mol. The van der Waals surface area contributed by atoms with Gasteiger partial charge in [0.25, 0.3) is 5.69 Å². The zero-order valence-corrected chi connectivity index (χ0v) is 13.4. The Balaban J connectivity index is 2.11. The van der Waals surface area contributed by atoms with Crippen molar-refractivity contribution in [2.75, 3.05) is 5.32 Å². The molecule has 9 nitrogen and oxygen atoms in total. The number of anilines is 1. The van der Waals surface area contributed by atoms with Crippen LogP contribution in [0.4, 0.5) is 11.4 Å². The van der Waals surface area contributed by atoms with Crippen LogP contribution in [0.5, 0.6) is 0 Å².